The van der Waals surface area contributed by atoms with E-state index in [4.69, 9.17) is 5.11 Å². The van der Waals surface area contributed by atoms with E-state index in [9.17, 15) is 4.79 Å². The predicted molar refractivity (Wildman–Crippen MR) is 81.4 cm³/mol. The molecule has 0 saturated heterocycles. The number of thiazole rings is 1. The van der Waals surface area contributed by atoms with Gasteiger partial charge in [0.05, 0.1) is 16.8 Å². The molecule has 1 aromatic carbocycles. The highest BCUT2D eigenvalue weighted by Gasteiger charge is 2.10. The Labute approximate surface area is 124 Å². The van der Waals surface area contributed by atoms with Crippen molar-refractivity contribution in [2.75, 3.05) is 5.32 Å². The highest BCUT2D eigenvalue weighted by molar-refractivity contribution is 7.15. The van der Waals surface area contributed by atoms with Crippen LogP contribution < -0.4 is 5.32 Å². The van der Waals surface area contributed by atoms with Gasteiger partial charge in [-0.25, -0.2) is 19.7 Å². The Morgan fingerprint density at radius 3 is 2.76 bits per heavy atom. The molecule has 7 heteroatoms. The molecule has 0 atom stereocenters. The molecule has 2 heterocycles. The average Bonchev–Trinajstić information content (AvgIpc) is 2.77. The van der Waals surface area contributed by atoms with Crippen LogP contribution in [0.3, 0.4) is 0 Å². The van der Waals surface area contributed by atoms with Gasteiger partial charge in [-0.05, 0) is 32.0 Å². The van der Waals surface area contributed by atoms with E-state index in [1.54, 1.807) is 17.4 Å². The van der Waals surface area contributed by atoms with Crippen LogP contribution >= 0.6 is 11.3 Å². The number of hydrogen-bond donors (Lipinski definition) is 2. The Hall–Kier alpha value is -2.54. The molecule has 6 nitrogen and oxygen atoms in total. The minimum Gasteiger partial charge on any atom is -0.478 e. The molecule has 0 unspecified atom stereocenters. The van der Waals surface area contributed by atoms with Crippen LogP contribution in [0.5, 0.6) is 0 Å². The number of nitrogens with zero attached hydrogens (tertiary/aromatic N) is 3. The SMILES string of the molecule is Cc1nc(Nc2ncnc3cc(C(=O)O)ccc23)sc1C. The van der Waals surface area contributed by atoms with Crippen LogP contribution in [0.2, 0.25) is 0 Å². The summed E-state index contributed by atoms with van der Waals surface area (Å²) in [7, 11) is 0. The third kappa shape index (κ3) is 2.55. The van der Waals surface area contributed by atoms with Crippen LogP contribution in [0.25, 0.3) is 10.9 Å². The van der Waals surface area contributed by atoms with Crippen LogP contribution in [-0.2, 0) is 0 Å². The number of carboxylic acids is 1. The van der Waals surface area contributed by atoms with Gasteiger partial charge in [0.2, 0.25) is 0 Å². The molecule has 0 aliphatic heterocycles. The summed E-state index contributed by atoms with van der Waals surface area (Å²) >= 11 is 1.55. The summed E-state index contributed by atoms with van der Waals surface area (Å²) in [5.41, 5.74) is 1.76. The van der Waals surface area contributed by atoms with Gasteiger partial charge < -0.3 is 10.4 Å². The zero-order valence-corrected chi connectivity index (χ0v) is 12.2. The first-order valence-electron chi connectivity index (χ1n) is 6.23. The van der Waals surface area contributed by atoms with E-state index in [1.165, 1.54) is 18.5 Å². The largest absolute Gasteiger partial charge is 0.478 e. The van der Waals surface area contributed by atoms with Gasteiger partial charge in [0, 0.05) is 10.3 Å². The monoisotopic (exact) mass is 300 g/mol. The maximum absolute atomic E-state index is 11.0. The first kappa shape index (κ1) is 13.4. The number of aryl methyl sites for hydroxylation is 2. The number of fused-ring (bicyclic) bond motifs is 1. The van der Waals surface area contributed by atoms with Crippen molar-refractivity contribution in [2.24, 2.45) is 0 Å². The van der Waals surface area contributed by atoms with Crippen molar-refractivity contribution < 1.29 is 9.90 Å². The predicted octanol–water partition coefficient (Wildman–Crippen LogP) is 3.14. The minimum atomic E-state index is -0.976. The van der Waals surface area contributed by atoms with E-state index in [2.05, 4.69) is 20.3 Å². The van der Waals surface area contributed by atoms with E-state index >= 15 is 0 Å². The van der Waals surface area contributed by atoms with E-state index in [0.717, 1.165) is 21.1 Å². The van der Waals surface area contributed by atoms with Crippen molar-refractivity contribution in [2.45, 2.75) is 13.8 Å². The number of carbonyl (C=O) groups is 1. The van der Waals surface area contributed by atoms with E-state index < -0.39 is 5.97 Å². The maximum Gasteiger partial charge on any atom is 0.335 e. The fraction of sp³-hybridized carbons (Fsp3) is 0.143. The lowest BCUT2D eigenvalue weighted by molar-refractivity contribution is 0.0697. The quantitative estimate of drug-likeness (QED) is 0.772. The molecule has 0 amide bonds. The molecule has 0 fully saturated rings. The highest BCUT2D eigenvalue weighted by atomic mass is 32.1. The standard InChI is InChI=1S/C14H12N4O2S/c1-7-8(2)21-14(17-7)18-12-10-4-3-9(13(19)20)5-11(10)15-6-16-12/h3-6H,1-2H3,(H,19,20)(H,15,16,17,18). The second kappa shape index (κ2) is 5.10. The lowest BCUT2D eigenvalue weighted by Gasteiger charge is -2.06. The molecule has 0 bridgehead atoms. The lowest BCUT2D eigenvalue weighted by atomic mass is 10.1. The third-order valence-electron chi connectivity index (χ3n) is 3.14. The molecule has 0 aliphatic rings. The Bertz CT molecular complexity index is 825. The van der Waals surface area contributed by atoms with E-state index in [-0.39, 0.29) is 5.56 Å². The number of benzene rings is 1. The van der Waals surface area contributed by atoms with Crippen LogP contribution in [0, 0.1) is 13.8 Å². The molecule has 3 aromatic rings. The van der Waals surface area contributed by atoms with Gasteiger partial charge in [-0.15, -0.1) is 11.3 Å². The molecule has 3 rings (SSSR count). The van der Waals surface area contributed by atoms with Crippen molar-refractivity contribution in [3.05, 3.63) is 40.7 Å². The Balaban J connectivity index is 2.04. The van der Waals surface area contributed by atoms with Crippen molar-refractivity contribution in [3.8, 4) is 0 Å². The molecule has 106 valence electrons. The summed E-state index contributed by atoms with van der Waals surface area (Å²) in [5.74, 6) is -0.359. The number of aromatic carboxylic acids is 1. The molecule has 0 spiro atoms. The van der Waals surface area contributed by atoms with Gasteiger partial charge in [-0.3, -0.25) is 0 Å². The number of nitrogens with one attached hydrogen (secondary N) is 1. The van der Waals surface area contributed by atoms with Crippen molar-refractivity contribution in [1.29, 1.82) is 0 Å². The number of carboxylic acid groups (broad SMARTS) is 1. The van der Waals surface area contributed by atoms with Gasteiger partial charge in [0.15, 0.2) is 5.13 Å². The Morgan fingerprint density at radius 1 is 1.29 bits per heavy atom. The van der Waals surface area contributed by atoms with Crippen molar-refractivity contribution in [1.82, 2.24) is 15.0 Å². The zero-order valence-electron chi connectivity index (χ0n) is 11.4. The number of aromatic nitrogens is 3. The smallest absolute Gasteiger partial charge is 0.335 e. The van der Waals surface area contributed by atoms with Crippen LogP contribution in [-0.4, -0.2) is 26.0 Å². The van der Waals surface area contributed by atoms with E-state index in [1.807, 2.05) is 13.8 Å². The summed E-state index contributed by atoms with van der Waals surface area (Å²) in [4.78, 5) is 24.9. The minimum absolute atomic E-state index is 0.202. The normalized spacial score (nSPS) is 10.8. The van der Waals surface area contributed by atoms with Gasteiger partial charge in [-0.1, -0.05) is 0 Å². The zero-order chi connectivity index (χ0) is 15.0. The average molecular weight is 300 g/mol. The second-order valence-corrected chi connectivity index (χ2v) is 5.75. The van der Waals surface area contributed by atoms with Crippen LogP contribution in [0.15, 0.2) is 24.5 Å². The third-order valence-corrected chi connectivity index (χ3v) is 4.13. The van der Waals surface area contributed by atoms with Crippen LogP contribution in [0.1, 0.15) is 20.9 Å². The Morgan fingerprint density at radius 2 is 2.10 bits per heavy atom. The summed E-state index contributed by atoms with van der Waals surface area (Å²) < 4.78 is 0. The molecule has 0 radical (unpaired) electrons. The van der Waals surface area contributed by atoms with E-state index in [0.29, 0.717) is 11.3 Å². The van der Waals surface area contributed by atoms with Crippen molar-refractivity contribution in [3.63, 3.8) is 0 Å². The van der Waals surface area contributed by atoms with Crippen LogP contribution in [0.4, 0.5) is 10.9 Å². The first-order valence-corrected chi connectivity index (χ1v) is 7.05. The number of anilines is 2. The van der Waals surface area contributed by atoms with Gasteiger partial charge in [-0.2, -0.15) is 0 Å². The summed E-state index contributed by atoms with van der Waals surface area (Å²) in [5, 5.41) is 13.7. The Kier molecular flexibility index (Phi) is 3.26. The molecular weight excluding hydrogens is 288 g/mol. The molecule has 0 saturated carbocycles. The fourth-order valence-electron chi connectivity index (χ4n) is 1.92. The first-order chi connectivity index (χ1) is 10.0. The summed E-state index contributed by atoms with van der Waals surface area (Å²) in [6, 6.07) is 4.77. The molecular formula is C14H12N4O2S. The summed E-state index contributed by atoms with van der Waals surface area (Å²) in [6.45, 7) is 3.96. The molecule has 21 heavy (non-hydrogen) atoms. The highest BCUT2D eigenvalue weighted by Crippen LogP contribution is 2.27. The molecule has 2 N–H and O–H groups in total. The maximum atomic E-state index is 11.0. The summed E-state index contributed by atoms with van der Waals surface area (Å²) in [6.07, 6.45) is 1.41. The number of rotatable bonds is 3. The van der Waals surface area contributed by atoms with Crippen molar-refractivity contribution >= 4 is 39.2 Å². The molecule has 2 aromatic heterocycles. The topological polar surface area (TPSA) is 88.0 Å². The fourth-order valence-corrected chi connectivity index (χ4v) is 2.73. The number of hydrogen-bond acceptors (Lipinski definition) is 6. The van der Waals surface area contributed by atoms with Gasteiger partial charge >= 0.3 is 5.97 Å². The van der Waals surface area contributed by atoms with Gasteiger partial charge in [0.25, 0.3) is 0 Å². The second-order valence-electron chi connectivity index (χ2n) is 4.54. The molecule has 0 aliphatic carbocycles. The van der Waals surface area contributed by atoms with Gasteiger partial charge in [0.1, 0.15) is 12.1 Å². The lowest BCUT2D eigenvalue weighted by Crippen LogP contribution is -1.99.